The van der Waals surface area contributed by atoms with Crippen LogP contribution >= 0.6 is 0 Å². The van der Waals surface area contributed by atoms with Crippen LogP contribution in [-0.4, -0.2) is 74.5 Å². The quantitative estimate of drug-likeness (QED) is 0.568. The van der Waals surface area contributed by atoms with Crippen LogP contribution in [0.5, 0.6) is 0 Å². The van der Waals surface area contributed by atoms with Crippen molar-refractivity contribution in [3.8, 4) is 0 Å². The molecule has 0 radical (unpaired) electrons. The summed E-state index contributed by atoms with van der Waals surface area (Å²) in [6, 6.07) is 0. The third-order valence-corrected chi connectivity index (χ3v) is 2.86. The maximum Gasteiger partial charge on any atom is 0.319 e. The summed E-state index contributed by atoms with van der Waals surface area (Å²) in [5, 5.41) is 2.72. The maximum absolute atomic E-state index is 12.1. The molecule has 0 bridgehead atoms. The van der Waals surface area contributed by atoms with Crippen LogP contribution in [0.4, 0.5) is 0 Å². The van der Waals surface area contributed by atoms with Crippen LogP contribution in [0, 0.1) is 0 Å². The van der Waals surface area contributed by atoms with Crippen LogP contribution in [0.1, 0.15) is 26.7 Å². The molecule has 0 fully saturated rings. The molecule has 0 aromatic heterocycles. The molecule has 21 heavy (non-hydrogen) atoms. The fourth-order valence-corrected chi connectivity index (χ4v) is 1.71. The summed E-state index contributed by atoms with van der Waals surface area (Å²) < 4.78 is 4.61. The summed E-state index contributed by atoms with van der Waals surface area (Å²) in [6.45, 7) is 5.35. The minimum absolute atomic E-state index is 0.0248. The zero-order valence-corrected chi connectivity index (χ0v) is 13.5. The van der Waals surface area contributed by atoms with E-state index in [1.165, 1.54) is 12.0 Å². The second kappa shape index (κ2) is 11.1. The van der Waals surface area contributed by atoms with Gasteiger partial charge in [-0.2, -0.15) is 0 Å². The summed E-state index contributed by atoms with van der Waals surface area (Å²) in [6.07, 6.45) is 1.68. The standard InChI is InChI=1S/C14H27N3O4/c1-5-7-15-12(18)9-16(3)13(19)10-17(8-6-2)11-14(20)21-4/h5-11H2,1-4H3,(H,15,18). The number of carbonyl (C=O) groups excluding carboxylic acids is 3. The third-order valence-electron chi connectivity index (χ3n) is 2.86. The van der Waals surface area contributed by atoms with Gasteiger partial charge in [-0.25, -0.2) is 0 Å². The van der Waals surface area contributed by atoms with Crippen molar-refractivity contribution in [1.29, 1.82) is 0 Å². The summed E-state index contributed by atoms with van der Waals surface area (Å²) in [5.41, 5.74) is 0. The third kappa shape index (κ3) is 9.01. The Morgan fingerprint density at radius 3 is 2.24 bits per heavy atom. The lowest BCUT2D eigenvalue weighted by Crippen LogP contribution is -2.44. The molecule has 1 N–H and O–H groups in total. The molecule has 0 saturated heterocycles. The molecule has 7 nitrogen and oxygen atoms in total. The van der Waals surface area contributed by atoms with Gasteiger partial charge in [-0.1, -0.05) is 13.8 Å². The van der Waals surface area contributed by atoms with Gasteiger partial charge in [0.05, 0.1) is 26.7 Å². The van der Waals surface area contributed by atoms with E-state index >= 15 is 0 Å². The van der Waals surface area contributed by atoms with Gasteiger partial charge < -0.3 is 15.0 Å². The van der Waals surface area contributed by atoms with E-state index in [9.17, 15) is 14.4 Å². The summed E-state index contributed by atoms with van der Waals surface area (Å²) >= 11 is 0. The van der Waals surface area contributed by atoms with Crippen LogP contribution in [0.3, 0.4) is 0 Å². The monoisotopic (exact) mass is 301 g/mol. The highest BCUT2D eigenvalue weighted by Gasteiger charge is 2.18. The molecular formula is C14H27N3O4. The average Bonchev–Trinajstić information content (AvgIpc) is 2.44. The predicted octanol–water partition coefficient (Wildman–Crippen LogP) is -0.144. The van der Waals surface area contributed by atoms with E-state index in [0.717, 1.165) is 12.8 Å². The van der Waals surface area contributed by atoms with Crippen LogP contribution in [0.15, 0.2) is 0 Å². The smallest absolute Gasteiger partial charge is 0.319 e. The molecule has 0 unspecified atom stereocenters. The Labute approximate surface area is 126 Å². The van der Waals surface area contributed by atoms with Gasteiger partial charge in [0.15, 0.2) is 0 Å². The number of rotatable bonds is 10. The van der Waals surface area contributed by atoms with Crippen molar-refractivity contribution < 1.29 is 19.1 Å². The van der Waals surface area contributed by atoms with Gasteiger partial charge in [-0.05, 0) is 19.4 Å². The van der Waals surface area contributed by atoms with Crippen molar-refractivity contribution in [1.82, 2.24) is 15.1 Å². The molecule has 0 aromatic carbocycles. The lowest BCUT2D eigenvalue weighted by molar-refractivity contribution is -0.143. The Morgan fingerprint density at radius 1 is 1.05 bits per heavy atom. The predicted molar refractivity (Wildman–Crippen MR) is 79.7 cm³/mol. The van der Waals surface area contributed by atoms with Gasteiger partial charge in [-0.15, -0.1) is 0 Å². The van der Waals surface area contributed by atoms with Gasteiger partial charge in [0, 0.05) is 13.6 Å². The van der Waals surface area contributed by atoms with Crippen molar-refractivity contribution in [2.75, 3.05) is 46.9 Å². The van der Waals surface area contributed by atoms with Crippen molar-refractivity contribution in [3.63, 3.8) is 0 Å². The number of esters is 1. The number of ether oxygens (including phenoxy) is 1. The molecule has 0 spiro atoms. The lowest BCUT2D eigenvalue weighted by atomic mass is 10.3. The van der Waals surface area contributed by atoms with E-state index in [1.807, 2.05) is 13.8 Å². The van der Waals surface area contributed by atoms with E-state index in [-0.39, 0.29) is 37.4 Å². The first-order valence-electron chi connectivity index (χ1n) is 7.24. The molecule has 0 atom stereocenters. The molecular weight excluding hydrogens is 274 g/mol. The molecule has 2 amide bonds. The summed E-state index contributed by atoms with van der Waals surface area (Å²) in [5.74, 6) is -0.749. The van der Waals surface area contributed by atoms with Crippen LogP contribution < -0.4 is 5.32 Å². The van der Waals surface area contributed by atoms with E-state index in [4.69, 9.17) is 0 Å². The van der Waals surface area contributed by atoms with Crippen molar-refractivity contribution >= 4 is 17.8 Å². The van der Waals surface area contributed by atoms with Crippen LogP contribution in [0.25, 0.3) is 0 Å². The van der Waals surface area contributed by atoms with Gasteiger partial charge in [0.1, 0.15) is 0 Å². The van der Waals surface area contributed by atoms with Gasteiger partial charge in [0.2, 0.25) is 11.8 Å². The number of carbonyl (C=O) groups is 3. The van der Waals surface area contributed by atoms with Gasteiger partial charge in [-0.3, -0.25) is 19.3 Å². The fourth-order valence-electron chi connectivity index (χ4n) is 1.71. The van der Waals surface area contributed by atoms with Crippen LogP contribution in [-0.2, 0) is 19.1 Å². The minimum atomic E-state index is -0.375. The Morgan fingerprint density at radius 2 is 1.71 bits per heavy atom. The van der Waals surface area contributed by atoms with Crippen LogP contribution in [0.2, 0.25) is 0 Å². The number of likely N-dealkylation sites (N-methyl/N-ethyl adjacent to an activating group) is 1. The number of hydrogen-bond acceptors (Lipinski definition) is 5. The fraction of sp³-hybridized carbons (Fsp3) is 0.786. The molecule has 0 aliphatic heterocycles. The molecule has 0 aromatic rings. The maximum atomic E-state index is 12.1. The second-order valence-corrected chi connectivity index (χ2v) is 4.89. The molecule has 122 valence electrons. The normalized spacial score (nSPS) is 10.3. The molecule has 0 aliphatic rings. The Bertz CT molecular complexity index is 347. The number of methoxy groups -OCH3 is 1. The lowest BCUT2D eigenvalue weighted by Gasteiger charge is -2.23. The molecule has 0 aliphatic carbocycles. The zero-order chi connectivity index (χ0) is 16.3. The SMILES string of the molecule is CCCNC(=O)CN(C)C(=O)CN(CCC)CC(=O)OC. The summed E-state index contributed by atoms with van der Waals surface area (Å²) in [4.78, 5) is 38.0. The van der Waals surface area contributed by atoms with Gasteiger partial charge >= 0.3 is 5.97 Å². The number of amides is 2. The first-order valence-corrected chi connectivity index (χ1v) is 7.24. The number of nitrogens with zero attached hydrogens (tertiary/aromatic N) is 2. The van der Waals surface area contributed by atoms with E-state index in [0.29, 0.717) is 13.1 Å². The molecule has 0 rings (SSSR count). The minimum Gasteiger partial charge on any atom is -0.468 e. The van der Waals surface area contributed by atoms with E-state index in [2.05, 4.69) is 10.1 Å². The highest BCUT2D eigenvalue weighted by atomic mass is 16.5. The molecule has 0 heterocycles. The molecule has 0 saturated carbocycles. The van der Waals surface area contributed by atoms with E-state index < -0.39 is 0 Å². The number of nitrogens with one attached hydrogen (secondary N) is 1. The first kappa shape index (κ1) is 19.4. The summed E-state index contributed by atoms with van der Waals surface area (Å²) in [7, 11) is 2.90. The largest absolute Gasteiger partial charge is 0.468 e. The average molecular weight is 301 g/mol. The van der Waals surface area contributed by atoms with Crippen molar-refractivity contribution in [3.05, 3.63) is 0 Å². The highest BCUT2D eigenvalue weighted by Crippen LogP contribution is 1.96. The Kier molecular flexibility index (Phi) is 10.2. The highest BCUT2D eigenvalue weighted by molar-refractivity contribution is 5.85. The molecule has 7 heteroatoms. The zero-order valence-electron chi connectivity index (χ0n) is 13.5. The first-order chi connectivity index (χ1) is 9.94. The topological polar surface area (TPSA) is 79.0 Å². The van der Waals surface area contributed by atoms with Gasteiger partial charge in [0.25, 0.3) is 0 Å². The Hall–Kier alpha value is -1.63. The van der Waals surface area contributed by atoms with Crippen molar-refractivity contribution in [2.24, 2.45) is 0 Å². The van der Waals surface area contributed by atoms with E-state index in [1.54, 1.807) is 11.9 Å². The second-order valence-electron chi connectivity index (χ2n) is 4.89. The Balaban J connectivity index is 4.32. The van der Waals surface area contributed by atoms with Crippen molar-refractivity contribution in [2.45, 2.75) is 26.7 Å². The number of hydrogen-bond donors (Lipinski definition) is 1.